The average Bonchev–Trinajstić information content (AvgIpc) is 2.49. The fourth-order valence-corrected chi connectivity index (χ4v) is 0.640. The molecule has 0 rings (SSSR count). The maximum atomic E-state index is 10.2. The van der Waals surface area contributed by atoms with E-state index >= 15 is 0 Å². The van der Waals surface area contributed by atoms with Crippen LogP contribution in [0.5, 0.6) is 0 Å². The van der Waals surface area contributed by atoms with Crippen molar-refractivity contribution in [2.45, 2.75) is 0 Å². The molecule has 0 saturated heterocycles. The van der Waals surface area contributed by atoms with E-state index in [-0.39, 0.29) is 6.61 Å². The van der Waals surface area contributed by atoms with Gasteiger partial charge in [0.05, 0.1) is 19.5 Å². The fourth-order valence-electron chi connectivity index (χ4n) is 0.269. The fraction of sp³-hybridized carbons (Fsp3) is 0.286. The summed E-state index contributed by atoms with van der Waals surface area (Å²) in [5.41, 5.74) is 0. The second-order valence-corrected chi connectivity index (χ2v) is 3.16. The van der Waals surface area contributed by atoms with Crippen molar-refractivity contribution in [3.63, 3.8) is 0 Å². The summed E-state index contributed by atoms with van der Waals surface area (Å²) in [6.45, 7) is 30.4. The van der Waals surface area contributed by atoms with Crippen molar-refractivity contribution in [2.24, 2.45) is 0 Å². The van der Waals surface area contributed by atoms with E-state index in [2.05, 4.69) is 74.7 Å². The van der Waals surface area contributed by atoms with E-state index in [0.29, 0.717) is 6.61 Å². The number of rotatable bonds is 4. The third kappa shape index (κ3) is 168. The summed E-state index contributed by atoms with van der Waals surface area (Å²) in [5, 5.41) is 0. The molecule has 0 aromatic heterocycles. The van der Waals surface area contributed by atoms with Crippen LogP contribution in [0.15, 0.2) is 65.8 Å². The molecule has 0 radical (unpaired) electrons. The first-order chi connectivity index (χ1) is 9.06. The van der Waals surface area contributed by atoms with Gasteiger partial charge in [-0.2, -0.15) is 8.42 Å². The molecule has 0 bridgehead atoms. The molecule has 0 aromatic rings. The third-order valence-electron chi connectivity index (χ3n) is 0.585. The Morgan fingerprint density at radius 1 is 0.737 bits per heavy atom. The van der Waals surface area contributed by atoms with Crippen LogP contribution in [0.25, 0.3) is 0 Å². The van der Waals surface area contributed by atoms with Crippen LogP contribution in [-0.2, 0) is 19.0 Å². The first kappa shape index (κ1) is 36.0. The molecule has 0 fully saturated rings. The Labute approximate surface area is 120 Å². The molecule has 0 N–H and O–H groups in total. The van der Waals surface area contributed by atoms with Crippen molar-refractivity contribution >= 4 is 10.1 Å². The lowest BCUT2D eigenvalue weighted by molar-refractivity contribution is 0.150. The SMILES string of the molecule is C=C.C=C.C=C.C=C.C=C.COCCOS(C)(=O)=O. The maximum absolute atomic E-state index is 10.2. The van der Waals surface area contributed by atoms with Crippen LogP contribution in [0.1, 0.15) is 0 Å². The van der Waals surface area contributed by atoms with Crippen molar-refractivity contribution in [2.75, 3.05) is 26.6 Å². The summed E-state index contributed by atoms with van der Waals surface area (Å²) in [4.78, 5) is 0. The van der Waals surface area contributed by atoms with Gasteiger partial charge in [0.1, 0.15) is 0 Å². The number of hydrogen-bond donors (Lipinski definition) is 0. The molecule has 0 spiro atoms. The summed E-state index contributed by atoms with van der Waals surface area (Å²) in [5.74, 6) is 0. The van der Waals surface area contributed by atoms with Gasteiger partial charge in [-0.05, 0) is 0 Å². The predicted molar refractivity (Wildman–Crippen MR) is 88.9 cm³/mol. The Bertz CT molecular complexity index is 202. The monoisotopic (exact) mass is 294 g/mol. The standard InChI is InChI=1S/C4H10O4S.5C2H4/c1-7-3-4-8-9(2,5)6;5*1-2/h3-4H2,1-2H3;5*1-2H2. The largest absolute Gasteiger partial charge is 0.382 e. The molecule has 4 nitrogen and oxygen atoms in total. The number of methoxy groups -OCH3 is 1. The van der Waals surface area contributed by atoms with E-state index in [4.69, 9.17) is 0 Å². The van der Waals surface area contributed by atoms with Crippen molar-refractivity contribution in [3.05, 3.63) is 65.8 Å². The first-order valence-corrected chi connectivity index (χ1v) is 6.71. The van der Waals surface area contributed by atoms with Gasteiger partial charge >= 0.3 is 0 Å². The lowest BCUT2D eigenvalue weighted by Crippen LogP contribution is -2.07. The minimum absolute atomic E-state index is 0.0926. The van der Waals surface area contributed by atoms with E-state index in [0.717, 1.165) is 6.26 Å². The molecule has 0 saturated carbocycles. The Morgan fingerprint density at radius 2 is 1.00 bits per heavy atom. The quantitative estimate of drug-likeness (QED) is 0.451. The molecule has 0 aromatic carbocycles. The smallest absolute Gasteiger partial charge is 0.264 e. The van der Waals surface area contributed by atoms with Gasteiger partial charge in [0.2, 0.25) is 0 Å². The lowest BCUT2D eigenvalue weighted by atomic mass is 10.8. The number of hydrogen-bond acceptors (Lipinski definition) is 4. The molecule has 0 heterocycles. The van der Waals surface area contributed by atoms with Gasteiger partial charge in [-0.1, -0.05) is 0 Å². The molecule has 0 amide bonds. The van der Waals surface area contributed by atoms with Gasteiger partial charge in [-0.25, -0.2) is 0 Å². The van der Waals surface area contributed by atoms with E-state index in [1.807, 2.05) is 0 Å². The van der Waals surface area contributed by atoms with Crippen LogP contribution in [0.2, 0.25) is 0 Å². The Morgan fingerprint density at radius 3 is 1.16 bits per heavy atom. The van der Waals surface area contributed by atoms with Crippen molar-refractivity contribution in [1.82, 2.24) is 0 Å². The minimum atomic E-state index is -3.28. The molecular formula is C14H30O4S. The highest BCUT2D eigenvalue weighted by Gasteiger charge is 1.98. The Hall–Kier alpha value is -1.43. The predicted octanol–water partition coefficient (Wildman–Crippen LogP) is 3.62. The summed E-state index contributed by atoms with van der Waals surface area (Å²) < 4.78 is 29.3. The van der Waals surface area contributed by atoms with Gasteiger partial charge in [0.15, 0.2) is 0 Å². The third-order valence-corrected chi connectivity index (χ3v) is 1.18. The molecule has 19 heavy (non-hydrogen) atoms. The highest BCUT2D eigenvalue weighted by atomic mass is 32.2. The highest BCUT2D eigenvalue weighted by Crippen LogP contribution is 1.84. The zero-order chi connectivity index (χ0) is 17.3. The molecule has 0 unspecified atom stereocenters. The molecule has 0 atom stereocenters. The van der Waals surface area contributed by atoms with Crippen LogP contribution in [0, 0.1) is 0 Å². The molecular weight excluding hydrogens is 264 g/mol. The minimum Gasteiger partial charge on any atom is -0.382 e. The van der Waals surface area contributed by atoms with E-state index in [1.54, 1.807) is 0 Å². The van der Waals surface area contributed by atoms with Crippen molar-refractivity contribution < 1.29 is 17.3 Å². The molecule has 116 valence electrons. The lowest BCUT2D eigenvalue weighted by Gasteiger charge is -1.97. The molecule has 0 aliphatic rings. The summed E-state index contributed by atoms with van der Waals surface area (Å²) >= 11 is 0. The van der Waals surface area contributed by atoms with Crippen LogP contribution in [0.3, 0.4) is 0 Å². The van der Waals surface area contributed by atoms with Crippen molar-refractivity contribution in [1.29, 1.82) is 0 Å². The maximum Gasteiger partial charge on any atom is 0.264 e. The molecule has 0 aliphatic heterocycles. The summed E-state index contributed by atoms with van der Waals surface area (Å²) in [6, 6.07) is 0. The second-order valence-electron chi connectivity index (χ2n) is 1.52. The summed E-state index contributed by atoms with van der Waals surface area (Å²) in [7, 11) is -1.80. The first-order valence-electron chi connectivity index (χ1n) is 4.89. The normalized spacial score (nSPS) is 6.63. The van der Waals surface area contributed by atoms with Gasteiger partial charge in [0, 0.05) is 7.11 Å². The van der Waals surface area contributed by atoms with Gasteiger partial charge < -0.3 is 4.74 Å². The Kier molecular flexibility index (Phi) is 104. The van der Waals surface area contributed by atoms with Crippen LogP contribution < -0.4 is 0 Å². The zero-order valence-corrected chi connectivity index (χ0v) is 13.3. The van der Waals surface area contributed by atoms with Crippen LogP contribution >= 0.6 is 0 Å². The van der Waals surface area contributed by atoms with Crippen molar-refractivity contribution in [3.8, 4) is 0 Å². The Balaban J connectivity index is -0.0000000356. The van der Waals surface area contributed by atoms with Gasteiger partial charge in [-0.3, -0.25) is 4.18 Å². The second kappa shape index (κ2) is 54.7. The van der Waals surface area contributed by atoms with Crippen LogP contribution in [-0.4, -0.2) is 35.0 Å². The van der Waals surface area contributed by atoms with E-state index in [9.17, 15) is 8.42 Å². The summed E-state index contributed by atoms with van der Waals surface area (Å²) in [6.07, 6.45) is 1.00. The topological polar surface area (TPSA) is 52.6 Å². The van der Waals surface area contributed by atoms with E-state index < -0.39 is 10.1 Å². The van der Waals surface area contributed by atoms with E-state index in [1.165, 1.54) is 7.11 Å². The zero-order valence-electron chi connectivity index (χ0n) is 12.5. The average molecular weight is 294 g/mol. The van der Waals surface area contributed by atoms with Gasteiger partial charge in [-0.15, -0.1) is 65.8 Å². The molecule has 5 heteroatoms. The highest BCUT2D eigenvalue weighted by molar-refractivity contribution is 7.85. The number of ether oxygens (including phenoxy) is 1. The molecule has 0 aliphatic carbocycles. The van der Waals surface area contributed by atoms with Gasteiger partial charge in [0.25, 0.3) is 10.1 Å². The van der Waals surface area contributed by atoms with Crippen LogP contribution in [0.4, 0.5) is 0 Å².